The maximum absolute atomic E-state index is 13.7. The number of fused-ring (bicyclic) bond motifs is 2. The Bertz CT molecular complexity index is 1230. The monoisotopic (exact) mass is 585 g/mol. The molecule has 0 saturated carbocycles. The third-order valence-electron chi connectivity index (χ3n) is 7.94. The molecule has 11 nitrogen and oxygen atoms in total. The lowest BCUT2D eigenvalue weighted by molar-refractivity contribution is -0.120. The van der Waals surface area contributed by atoms with Gasteiger partial charge in [0.25, 0.3) is 5.91 Å². The number of hydrogen-bond donors (Lipinski definition) is 3. The van der Waals surface area contributed by atoms with Crippen molar-refractivity contribution in [3.63, 3.8) is 0 Å². The second-order valence-corrected chi connectivity index (χ2v) is 11.2. The summed E-state index contributed by atoms with van der Waals surface area (Å²) >= 11 is 0. The summed E-state index contributed by atoms with van der Waals surface area (Å²) < 4.78 is 16.6. The van der Waals surface area contributed by atoms with Crippen LogP contribution >= 0.6 is 0 Å². The fourth-order valence-corrected chi connectivity index (χ4v) is 5.46. The van der Waals surface area contributed by atoms with Gasteiger partial charge in [-0.3, -0.25) is 14.4 Å². The van der Waals surface area contributed by atoms with Crippen LogP contribution in [-0.2, 0) is 28.6 Å². The zero-order chi connectivity index (χ0) is 31.1. The van der Waals surface area contributed by atoms with Gasteiger partial charge in [0.1, 0.15) is 6.10 Å². The normalized spacial score (nSPS) is 33.5. The van der Waals surface area contributed by atoms with Crippen molar-refractivity contribution in [3.05, 3.63) is 58.5 Å². The molecule has 3 aliphatic rings. The van der Waals surface area contributed by atoms with E-state index >= 15 is 0 Å². The van der Waals surface area contributed by atoms with Gasteiger partial charge in [-0.15, -0.1) is 0 Å². The van der Waals surface area contributed by atoms with Gasteiger partial charge in [-0.25, -0.2) is 4.79 Å². The molecule has 2 aliphatic heterocycles. The summed E-state index contributed by atoms with van der Waals surface area (Å²) in [6.45, 7) is 8.43. The first-order valence-electron chi connectivity index (χ1n) is 14.2. The summed E-state index contributed by atoms with van der Waals surface area (Å²) in [4.78, 5) is 53.5. The molecule has 1 saturated heterocycles. The van der Waals surface area contributed by atoms with Gasteiger partial charge in [0.05, 0.1) is 23.6 Å². The fourth-order valence-electron chi connectivity index (χ4n) is 5.46. The predicted molar refractivity (Wildman–Crippen MR) is 156 cm³/mol. The van der Waals surface area contributed by atoms with Crippen molar-refractivity contribution in [2.45, 2.75) is 71.4 Å². The molecule has 1 aliphatic carbocycles. The van der Waals surface area contributed by atoms with Gasteiger partial charge in [0.15, 0.2) is 6.10 Å². The third-order valence-corrected chi connectivity index (χ3v) is 7.94. The molecule has 6 atom stereocenters. The molecule has 3 rings (SSSR count). The first kappa shape index (κ1) is 33.0. The van der Waals surface area contributed by atoms with Crippen molar-refractivity contribution < 1.29 is 38.5 Å². The molecular weight excluding hydrogens is 542 g/mol. The molecule has 2 heterocycles. The molecule has 0 aromatic heterocycles. The van der Waals surface area contributed by atoms with Crippen molar-refractivity contribution in [2.24, 2.45) is 17.6 Å². The maximum atomic E-state index is 13.7. The number of likely N-dealkylation sites (tertiary alicyclic amines) is 1. The highest BCUT2D eigenvalue weighted by molar-refractivity contribution is 6.23. The summed E-state index contributed by atoms with van der Waals surface area (Å²) in [6, 6.07) is 0. The van der Waals surface area contributed by atoms with Crippen molar-refractivity contribution in [2.75, 3.05) is 27.3 Å². The van der Waals surface area contributed by atoms with Crippen LogP contribution in [0.2, 0.25) is 0 Å². The third kappa shape index (κ3) is 7.84. The molecule has 0 radical (unpaired) electrons. The summed E-state index contributed by atoms with van der Waals surface area (Å²) in [5.41, 5.74) is 6.88. The van der Waals surface area contributed by atoms with E-state index in [1.807, 2.05) is 18.7 Å². The lowest BCUT2D eigenvalue weighted by atomic mass is 9.84. The van der Waals surface area contributed by atoms with Crippen molar-refractivity contribution in [3.8, 4) is 0 Å². The van der Waals surface area contributed by atoms with Crippen LogP contribution in [0, 0.1) is 11.8 Å². The Morgan fingerprint density at radius 1 is 1.12 bits per heavy atom. The number of allylic oxidation sites excluding steroid dienone is 4. The number of nitrogens with one attached hydrogen (secondary N) is 1. The number of Topliss-reactive ketones (excluding diaryl/α,β-unsaturated/α-hetero) is 1. The number of ketones is 2. The maximum Gasteiger partial charge on any atom is 0.405 e. The van der Waals surface area contributed by atoms with Crippen LogP contribution in [-0.4, -0.2) is 85.3 Å². The van der Waals surface area contributed by atoms with Crippen LogP contribution in [0.3, 0.4) is 0 Å². The standard InChI is InChI=1S/C31H43N3O8/c1-17-13-21-26(34-11-8-12-34)23(35)16-22(28(21)37)33-30(38)18(2)9-7-10-24(40-5)29(42-31(32)39)20(4)15-19(3)27(36)25(14-17)41-6/h7,9-10,15-17,19,24-25,27,29,36H,8,11-14H2,1-6H3,(H2,32,39)(H,33,38)/b10-7-,18-9+,20-15+/t17-,19+,24+,25-,27+,29+/m1/s1. The minimum Gasteiger partial charge on any atom is -0.439 e. The predicted octanol–water partition coefficient (Wildman–Crippen LogP) is 2.47. The SMILES string of the molecule is CO[C@H]1/C=C\C=C(/C)C(=O)NC2=CC(=O)C(N3CCC3)=C(C[C@@H](C)C[C@@H](OC)[C@@H](O)[C@@H](C)/C=C(\C)[C@@H]1OC(N)=O)C2=O. The van der Waals surface area contributed by atoms with E-state index in [0.29, 0.717) is 36.4 Å². The van der Waals surface area contributed by atoms with Crippen LogP contribution < -0.4 is 11.1 Å². The smallest absolute Gasteiger partial charge is 0.405 e. The number of hydrogen-bond acceptors (Lipinski definition) is 9. The Kier molecular flexibility index (Phi) is 11.4. The van der Waals surface area contributed by atoms with E-state index in [1.54, 1.807) is 32.1 Å². The number of nitrogens with two attached hydrogens (primary N) is 1. The second-order valence-electron chi connectivity index (χ2n) is 11.2. The van der Waals surface area contributed by atoms with E-state index in [2.05, 4.69) is 5.32 Å². The number of ether oxygens (including phenoxy) is 3. The van der Waals surface area contributed by atoms with Crippen molar-refractivity contribution in [1.29, 1.82) is 0 Å². The number of methoxy groups -OCH3 is 2. The van der Waals surface area contributed by atoms with Crippen LogP contribution in [0.1, 0.15) is 47.0 Å². The van der Waals surface area contributed by atoms with Gasteiger partial charge in [-0.2, -0.15) is 0 Å². The number of carbonyl (C=O) groups is 4. The van der Waals surface area contributed by atoms with Gasteiger partial charge in [0.2, 0.25) is 11.6 Å². The quantitative estimate of drug-likeness (QED) is 0.333. The Balaban J connectivity index is 2.07. The molecule has 11 heteroatoms. The van der Waals surface area contributed by atoms with Crippen molar-refractivity contribution >= 4 is 23.6 Å². The van der Waals surface area contributed by atoms with E-state index < -0.39 is 48.1 Å². The number of aliphatic hydroxyl groups is 1. The summed E-state index contributed by atoms with van der Waals surface area (Å²) in [6.07, 6.45) is 5.06. The molecule has 2 amide bonds. The number of rotatable bonds is 4. The highest BCUT2D eigenvalue weighted by Crippen LogP contribution is 2.32. The van der Waals surface area contributed by atoms with Crippen molar-refractivity contribution in [1.82, 2.24) is 10.2 Å². The minimum atomic E-state index is -0.991. The topological polar surface area (TPSA) is 157 Å². The summed E-state index contributed by atoms with van der Waals surface area (Å²) in [5.74, 6) is -1.84. The molecule has 4 N–H and O–H groups in total. The number of carbonyl (C=O) groups excluding carboxylic acids is 4. The van der Waals surface area contributed by atoms with Crippen LogP contribution in [0.5, 0.6) is 0 Å². The van der Waals surface area contributed by atoms with E-state index in [-0.39, 0.29) is 29.4 Å². The van der Waals surface area contributed by atoms with Crippen LogP contribution in [0.25, 0.3) is 0 Å². The van der Waals surface area contributed by atoms with E-state index in [0.717, 1.165) is 6.42 Å². The second kappa shape index (κ2) is 14.6. The highest BCUT2D eigenvalue weighted by atomic mass is 16.6. The molecule has 230 valence electrons. The molecular formula is C31H43N3O8. The average molecular weight is 586 g/mol. The van der Waals surface area contributed by atoms with Crippen LogP contribution in [0.15, 0.2) is 58.5 Å². The van der Waals surface area contributed by atoms with Gasteiger partial charge in [-0.1, -0.05) is 38.2 Å². The lowest BCUT2D eigenvalue weighted by Crippen LogP contribution is -2.43. The molecule has 2 bridgehead atoms. The van der Waals surface area contributed by atoms with Gasteiger partial charge >= 0.3 is 6.09 Å². The number of primary amides is 1. The molecule has 0 aromatic rings. The zero-order valence-corrected chi connectivity index (χ0v) is 25.2. The van der Waals surface area contributed by atoms with Crippen LogP contribution in [0.4, 0.5) is 4.79 Å². The zero-order valence-electron chi connectivity index (χ0n) is 25.2. The average Bonchev–Trinajstić information content (AvgIpc) is 2.90. The summed E-state index contributed by atoms with van der Waals surface area (Å²) in [7, 11) is 2.95. The Morgan fingerprint density at radius 3 is 2.38 bits per heavy atom. The van der Waals surface area contributed by atoms with Gasteiger partial charge in [-0.05, 0) is 44.6 Å². The Morgan fingerprint density at radius 2 is 1.81 bits per heavy atom. The molecule has 0 aromatic carbocycles. The van der Waals surface area contributed by atoms with E-state index in [1.165, 1.54) is 26.4 Å². The largest absolute Gasteiger partial charge is 0.439 e. The Labute approximate surface area is 247 Å². The molecule has 0 spiro atoms. The van der Waals surface area contributed by atoms with Gasteiger partial charge in [0, 0.05) is 50.4 Å². The molecule has 0 unspecified atom stereocenters. The molecule has 42 heavy (non-hydrogen) atoms. The first-order valence-corrected chi connectivity index (χ1v) is 14.2. The molecule has 1 fully saturated rings. The highest BCUT2D eigenvalue weighted by Gasteiger charge is 2.36. The lowest BCUT2D eigenvalue weighted by Gasteiger charge is -2.37. The van der Waals surface area contributed by atoms with Gasteiger partial charge < -0.3 is 35.3 Å². The minimum absolute atomic E-state index is 0.0763. The fraction of sp³-hybridized carbons (Fsp3) is 0.548. The van der Waals surface area contributed by atoms with E-state index in [4.69, 9.17) is 19.9 Å². The van der Waals surface area contributed by atoms with E-state index in [9.17, 15) is 24.3 Å². The number of amides is 2. The summed E-state index contributed by atoms with van der Waals surface area (Å²) in [5, 5.41) is 13.9. The Hall–Kier alpha value is -3.54. The number of aliphatic hydroxyl groups excluding tert-OH is 1. The first-order chi connectivity index (χ1) is 19.9. The number of nitrogens with zero attached hydrogens (tertiary/aromatic N) is 1.